The summed E-state index contributed by atoms with van der Waals surface area (Å²) >= 11 is 0. The largest absolute Gasteiger partial charge is 0.380 e. The molecule has 2 rings (SSSR count). The van der Waals surface area contributed by atoms with Crippen LogP contribution >= 0.6 is 0 Å². The lowest BCUT2D eigenvalue weighted by atomic mass is 10.00. The van der Waals surface area contributed by atoms with Crippen molar-refractivity contribution in [3.8, 4) is 6.07 Å². The van der Waals surface area contributed by atoms with Gasteiger partial charge in [-0.1, -0.05) is 12.8 Å². The number of nitrogens with zero attached hydrogens (tertiary/aromatic N) is 2. The summed E-state index contributed by atoms with van der Waals surface area (Å²) in [6.45, 7) is 2.15. The molecule has 0 aromatic heterocycles. The van der Waals surface area contributed by atoms with Gasteiger partial charge in [-0.3, -0.25) is 10.1 Å². The van der Waals surface area contributed by atoms with Crippen molar-refractivity contribution in [1.82, 2.24) is 0 Å². The third kappa shape index (κ3) is 2.43. The van der Waals surface area contributed by atoms with Crippen LogP contribution in [-0.2, 0) is 0 Å². The van der Waals surface area contributed by atoms with Crippen molar-refractivity contribution in [1.29, 1.82) is 5.26 Å². The average molecular weight is 245 g/mol. The van der Waals surface area contributed by atoms with Gasteiger partial charge < -0.3 is 5.32 Å². The van der Waals surface area contributed by atoms with Crippen molar-refractivity contribution in [2.45, 2.75) is 38.1 Å². The molecule has 18 heavy (non-hydrogen) atoms. The number of nitriles is 1. The van der Waals surface area contributed by atoms with Crippen LogP contribution in [0.3, 0.4) is 0 Å². The summed E-state index contributed by atoms with van der Waals surface area (Å²) in [6.07, 6.45) is 4.57. The Balaban J connectivity index is 2.25. The summed E-state index contributed by atoms with van der Waals surface area (Å²) in [5.74, 6) is 0. The zero-order valence-electron chi connectivity index (χ0n) is 10.3. The molecule has 1 fully saturated rings. The van der Waals surface area contributed by atoms with E-state index in [4.69, 9.17) is 5.26 Å². The number of anilines is 1. The molecule has 0 heterocycles. The molecule has 0 saturated heterocycles. The van der Waals surface area contributed by atoms with Gasteiger partial charge in [-0.15, -0.1) is 0 Å². The number of nitrogens with one attached hydrogen (secondary N) is 1. The van der Waals surface area contributed by atoms with Crippen LogP contribution in [0.1, 0.15) is 38.2 Å². The second kappa shape index (κ2) is 4.65. The minimum Gasteiger partial charge on any atom is -0.380 e. The molecule has 1 aliphatic carbocycles. The van der Waals surface area contributed by atoms with Crippen LogP contribution in [0.15, 0.2) is 18.2 Å². The minimum absolute atomic E-state index is 0.0445. The van der Waals surface area contributed by atoms with E-state index in [1.165, 1.54) is 18.9 Å². The molecular formula is C13H15N3O2. The standard InChI is InChI=1S/C13H15N3O2/c1-13(6-2-3-7-13)15-11-4-5-12(16(17)18)10(8-11)9-14/h4-5,8,15H,2-3,6-7H2,1H3. The molecule has 5 nitrogen and oxygen atoms in total. The quantitative estimate of drug-likeness (QED) is 0.655. The number of nitro groups is 1. The molecule has 0 radical (unpaired) electrons. The van der Waals surface area contributed by atoms with E-state index in [1.807, 2.05) is 6.07 Å². The van der Waals surface area contributed by atoms with E-state index in [1.54, 1.807) is 12.1 Å². The Labute approximate surface area is 106 Å². The van der Waals surface area contributed by atoms with Crippen LogP contribution in [-0.4, -0.2) is 10.5 Å². The van der Waals surface area contributed by atoms with Gasteiger partial charge in [-0.05, 0) is 31.9 Å². The molecule has 0 aliphatic heterocycles. The van der Waals surface area contributed by atoms with Gasteiger partial charge in [-0.25, -0.2) is 0 Å². The van der Waals surface area contributed by atoms with Crippen LogP contribution in [0.4, 0.5) is 11.4 Å². The number of hydrogen-bond acceptors (Lipinski definition) is 4. The van der Waals surface area contributed by atoms with Crippen molar-refractivity contribution >= 4 is 11.4 Å². The molecular weight excluding hydrogens is 230 g/mol. The van der Waals surface area contributed by atoms with Crippen molar-refractivity contribution < 1.29 is 4.92 Å². The molecule has 0 atom stereocenters. The molecule has 0 amide bonds. The fourth-order valence-electron chi connectivity index (χ4n) is 2.49. The highest BCUT2D eigenvalue weighted by Crippen LogP contribution is 2.33. The topological polar surface area (TPSA) is 79.0 Å². The third-order valence-corrected chi connectivity index (χ3v) is 3.47. The van der Waals surface area contributed by atoms with E-state index < -0.39 is 4.92 Å². The molecule has 1 aromatic carbocycles. The Bertz CT molecular complexity index is 513. The second-order valence-electron chi connectivity index (χ2n) is 4.99. The normalized spacial score (nSPS) is 17.1. The predicted molar refractivity (Wildman–Crippen MR) is 68.3 cm³/mol. The lowest BCUT2D eigenvalue weighted by molar-refractivity contribution is -0.385. The smallest absolute Gasteiger partial charge is 0.287 e. The Kier molecular flexibility index (Phi) is 3.19. The molecule has 1 N–H and O–H groups in total. The van der Waals surface area contributed by atoms with Gasteiger partial charge in [-0.2, -0.15) is 5.26 Å². The Morgan fingerprint density at radius 2 is 2.11 bits per heavy atom. The monoisotopic (exact) mass is 245 g/mol. The van der Waals surface area contributed by atoms with E-state index in [-0.39, 0.29) is 16.8 Å². The lowest BCUT2D eigenvalue weighted by Crippen LogP contribution is -2.30. The van der Waals surface area contributed by atoms with E-state index in [0.29, 0.717) is 0 Å². The second-order valence-corrected chi connectivity index (χ2v) is 4.99. The number of hydrogen-bond donors (Lipinski definition) is 1. The molecule has 1 aromatic rings. The fraction of sp³-hybridized carbons (Fsp3) is 0.462. The summed E-state index contributed by atoms with van der Waals surface area (Å²) in [4.78, 5) is 10.2. The van der Waals surface area contributed by atoms with E-state index >= 15 is 0 Å². The Hall–Kier alpha value is -2.09. The zero-order valence-corrected chi connectivity index (χ0v) is 10.3. The number of nitro benzene ring substituents is 1. The van der Waals surface area contributed by atoms with Gasteiger partial charge in [0.2, 0.25) is 0 Å². The van der Waals surface area contributed by atoms with Crippen molar-refractivity contribution in [3.05, 3.63) is 33.9 Å². The third-order valence-electron chi connectivity index (χ3n) is 3.47. The number of benzene rings is 1. The number of rotatable bonds is 3. The van der Waals surface area contributed by atoms with Gasteiger partial charge >= 0.3 is 0 Å². The minimum atomic E-state index is -0.528. The fourth-order valence-corrected chi connectivity index (χ4v) is 2.49. The average Bonchev–Trinajstić information content (AvgIpc) is 2.75. The summed E-state index contributed by atoms with van der Waals surface area (Å²) in [6, 6.07) is 6.49. The first-order chi connectivity index (χ1) is 8.54. The first kappa shape index (κ1) is 12.4. The van der Waals surface area contributed by atoms with Crippen molar-refractivity contribution in [2.75, 3.05) is 5.32 Å². The molecule has 94 valence electrons. The molecule has 0 bridgehead atoms. The van der Waals surface area contributed by atoms with Crippen molar-refractivity contribution in [2.24, 2.45) is 0 Å². The first-order valence-electron chi connectivity index (χ1n) is 6.01. The SMILES string of the molecule is CC1(Nc2ccc([N+](=O)[O-])c(C#N)c2)CCCC1. The van der Waals surface area contributed by atoms with E-state index in [9.17, 15) is 10.1 Å². The van der Waals surface area contributed by atoms with Gasteiger partial charge in [0.1, 0.15) is 11.6 Å². The molecule has 1 saturated carbocycles. The van der Waals surface area contributed by atoms with Crippen LogP contribution < -0.4 is 5.32 Å². The lowest BCUT2D eigenvalue weighted by Gasteiger charge is -2.26. The van der Waals surface area contributed by atoms with Gasteiger partial charge in [0.25, 0.3) is 5.69 Å². The summed E-state index contributed by atoms with van der Waals surface area (Å²) in [5.41, 5.74) is 0.788. The van der Waals surface area contributed by atoms with Crippen LogP contribution in [0.25, 0.3) is 0 Å². The van der Waals surface area contributed by atoms with E-state index in [2.05, 4.69) is 12.2 Å². The highest BCUT2D eigenvalue weighted by atomic mass is 16.6. The van der Waals surface area contributed by atoms with Crippen LogP contribution in [0, 0.1) is 21.4 Å². The summed E-state index contributed by atoms with van der Waals surface area (Å²) in [7, 11) is 0. The summed E-state index contributed by atoms with van der Waals surface area (Å²) < 4.78 is 0. The Morgan fingerprint density at radius 1 is 1.44 bits per heavy atom. The van der Waals surface area contributed by atoms with Gasteiger partial charge in [0, 0.05) is 17.3 Å². The van der Waals surface area contributed by atoms with Gasteiger partial charge in [0.15, 0.2) is 0 Å². The highest BCUT2D eigenvalue weighted by Gasteiger charge is 2.28. The van der Waals surface area contributed by atoms with E-state index in [0.717, 1.165) is 18.5 Å². The molecule has 0 spiro atoms. The maximum absolute atomic E-state index is 10.7. The van der Waals surface area contributed by atoms with Gasteiger partial charge in [0.05, 0.1) is 4.92 Å². The molecule has 0 unspecified atom stereocenters. The predicted octanol–water partition coefficient (Wildman–Crippen LogP) is 3.21. The molecule has 5 heteroatoms. The molecule has 1 aliphatic rings. The van der Waals surface area contributed by atoms with Crippen molar-refractivity contribution in [3.63, 3.8) is 0 Å². The maximum atomic E-state index is 10.7. The highest BCUT2D eigenvalue weighted by molar-refractivity contribution is 5.59. The summed E-state index contributed by atoms with van der Waals surface area (Å²) in [5, 5.41) is 23.1. The van der Waals surface area contributed by atoms with Crippen LogP contribution in [0.2, 0.25) is 0 Å². The first-order valence-corrected chi connectivity index (χ1v) is 6.01. The zero-order chi connectivity index (χ0) is 13.2. The van der Waals surface area contributed by atoms with Crippen LogP contribution in [0.5, 0.6) is 0 Å². The maximum Gasteiger partial charge on any atom is 0.287 e. The Morgan fingerprint density at radius 3 is 2.67 bits per heavy atom.